The Morgan fingerprint density at radius 1 is 1.37 bits per heavy atom. The molecule has 0 bridgehead atoms. The fourth-order valence-corrected chi connectivity index (χ4v) is 2.09. The van der Waals surface area contributed by atoms with Crippen molar-refractivity contribution in [1.82, 2.24) is 9.36 Å². The Balaban J connectivity index is 2.22. The smallest absolute Gasteiger partial charge is 0.298 e. The van der Waals surface area contributed by atoms with E-state index < -0.39 is 0 Å². The van der Waals surface area contributed by atoms with Crippen molar-refractivity contribution in [2.45, 2.75) is 26.2 Å². The summed E-state index contributed by atoms with van der Waals surface area (Å²) in [6.07, 6.45) is 0. The molecule has 0 saturated heterocycles. The quantitative estimate of drug-likeness (QED) is 0.850. The van der Waals surface area contributed by atoms with Crippen LogP contribution >= 0.6 is 11.5 Å². The summed E-state index contributed by atoms with van der Waals surface area (Å²) in [6.45, 7) is 6.11. The van der Waals surface area contributed by atoms with Crippen molar-refractivity contribution in [2.75, 3.05) is 5.73 Å². The van der Waals surface area contributed by atoms with Crippen molar-refractivity contribution in [3.8, 4) is 17.0 Å². The normalized spacial score (nSPS) is 11.1. The molecule has 0 fully saturated rings. The third-order valence-corrected chi connectivity index (χ3v) is 3.01. The topological polar surface area (TPSA) is 84.8 Å². The highest BCUT2D eigenvalue weighted by atomic mass is 32.1. The first-order valence-corrected chi connectivity index (χ1v) is 6.49. The second-order valence-corrected chi connectivity index (χ2v) is 5.81. The van der Waals surface area contributed by atoms with Crippen molar-refractivity contribution in [3.63, 3.8) is 0 Å². The molecule has 2 rings (SSSR count). The van der Waals surface area contributed by atoms with E-state index in [1.54, 1.807) is 18.2 Å². The number of benzene rings is 1. The minimum atomic E-state index is -0.117. The van der Waals surface area contributed by atoms with Gasteiger partial charge in [0.2, 0.25) is 0 Å². The van der Waals surface area contributed by atoms with Crippen molar-refractivity contribution < 1.29 is 4.74 Å². The Labute approximate surface area is 115 Å². The standard InChI is InChI=1S/C13H14N4OS/c1-13(2,3)11-16-12(19-17-11)18-10-5-4-8(7-14)6-9(10)15/h4-6H,15H2,1-3H3. The lowest BCUT2D eigenvalue weighted by molar-refractivity contribution is 0.470. The minimum Gasteiger partial charge on any atom is -0.428 e. The van der Waals surface area contributed by atoms with Crippen LogP contribution in [0.25, 0.3) is 0 Å². The SMILES string of the molecule is CC(C)(C)c1nsc(Oc2ccc(C#N)cc2N)n1. The lowest BCUT2D eigenvalue weighted by Gasteiger charge is -2.12. The van der Waals surface area contributed by atoms with E-state index in [4.69, 9.17) is 15.7 Å². The molecule has 2 N–H and O–H groups in total. The van der Waals surface area contributed by atoms with Crippen LogP contribution in [0, 0.1) is 11.3 Å². The van der Waals surface area contributed by atoms with Gasteiger partial charge in [0.25, 0.3) is 5.19 Å². The van der Waals surface area contributed by atoms with Gasteiger partial charge in [0.15, 0.2) is 11.6 Å². The highest BCUT2D eigenvalue weighted by Crippen LogP contribution is 2.31. The van der Waals surface area contributed by atoms with E-state index >= 15 is 0 Å². The Hall–Kier alpha value is -2.13. The van der Waals surface area contributed by atoms with Crippen molar-refractivity contribution in [2.24, 2.45) is 0 Å². The van der Waals surface area contributed by atoms with Gasteiger partial charge >= 0.3 is 0 Å². The molecule has 0 radical (unpaired) electrons. The van der Waals surface area contributed by atoms with Crippen LogP contribution in [0.5, 0.6) is 10.9 Å². The number of nitrogens with zero attached hydrogens (tertiary/aromatic N) is 3. The molecule has 1 aromatic carbocycles. The molecule has 0 saturated carbocycles. The Kier molecular flexibility index (Phi) is 3.40. The van der Waals surface area contributed by atoms with E-state index in [9.17, 15) is 0 Å². The number of hydrogen-bond acceptors (Lipinski definition) is 6. The zero-order valence-corrected chi connectivity index (χ0v) is 11.8. The lowest BCUT2D eigenvalue weighted by Crippen LogP contribution is -2.12. The summed E-state index contributed by atoms with van der Waals surface area (Å²) in [6, 6.07) is 6.90. The van der Waals surface area contributed by atoms with Crippen LogP contribution in [0.2, 0.25) is 0 Å². The molecule has 0 amide bonds. The van der Waals surface area contributed by atoms with E-state index in [1.807, 2.05) is 26.8 Å². The number of nitrogens with two attached hydrogens (primary N) is 1. The van der Waals surface area contributed by atoms with Gasteiger partial charge in [-0.25, -0.2) is 0 Å². The van der Waals surface area contributed by atoms with Crippen molar-refractivity contribution in [3.05, 3.63) is 29.6 Å². The molecular formula is C13H14N4OS. The van der Waals surface area contributed by atoms with E-state index in [1.165, 1.54) is 11.5 Å². The van der Waals surface area contributed by atoms with Gasteiger partial charge in [-0.05, 0) is 18.2 Å². The maximum absolute atomic E-state index is 8.77. The summed E-state index contributed by atoms with van der Waals surface area (Å²) in [5, 5.41) is 9.21. The van der Waals surface area contributed by atoms with Gasteiger partial charge in [-0.15, -0.1) is 0 Å². The number of nitriles is 1. The zero-order chi connectivity index (χ0) is 14.0. The fraction of sp³-hybridized carbons (Fsp3) is 0.308. The second-order valence-electron chi connectivity index (χ2n) is 5.10. The lowest BCUT2D eigenvalue weighted by atomic mass is 9.96. The van der Waals surface area contributed by atoms with Crippen LogP contribution < -0.4 is 10.5 Å². The van der Waals surface area contributed by atoms with Crippen molar-refractivity contribution in [1.29, 1.82) is 5.26 Å². The molecule has 0 aliphatic rings. The average molecular weight is 274 g/mol. The molecule has 1 heterocycles. The minimum absolute atomic E-state index is 0.117. The molecule has 0 spiro atoms. The Bertz CT molecular complexity index is 637. The van der Waals surface area contributed by atoms with Crippen LogP contribution in [-0.4, -0.2) is 9.36 Å². The van der Waals surface area contributed by atoms with E-state index in [2.05, 4.69) is 9.36 Å². The predicted octanol–water partition coefficient (Wildman–Crippen LogP) is 3.08. The first-order chi connectivity index (χ1) is 8.90. The Morgan fingerprint density at radius 2 is 2.11 bits per heavy atom. The van der Waals surface area contributed by atoms with Gasteiger partial charge in [0.05, 0.1) is 17.3 Å². The molecule has 1 aromatic heterocycles. The molecule has 19 heavy (non-hydrogen) atoms. The van der Waals surface area contributed by atoms with Crippen LogP contribution in [0.3, 0.4) is 0 Å². The average Bonchev–Trinajstić information content (AvgIpc) is 2.80. The number of anilines is 1. The highest BCUT2D eigenvalue weighted by Gasteiger charge is 2.20. The summed E-state index contributed by atoms with van der Waals surface area (Å²) in [7, 11) is 0. The number of aromatic nitrogens is 2. The van der Waals surface area contributed by atoms with Gasteiger partial charge in [0, 0.05) is 16.9 Å². The molecule has 0 aliphatic carbocycles. The van der Waals surface area contributed by atoms with Gasteiger partial charge in [0.1, 0.15) is 0 Å². The fourth-order valence-electron chi connectivity index (χ4n) is 1.36. The first-order valence-electron chi connectivity index (χ1n) is 5.72. The summed E-state index contributed by atoms with van der Waals surface area (Å²) >= 11 is 1.19. The molecule has 5 nitrogen and oxygen atoms in total. The molecular weight excluding hydrogens is 260 g/mol. The zero-order valence-electron chi connectivity index (χ0n) is 11.0. The van der Waals surface area contributed by atoms with Crippen LogP contribution in [0.4, 0.5) is 5.69 Å². The van der Waals surface area contributed by atoms with Gasteiger partial charge in [-0.1, -0.05) is 20.8 Å². The summed E-state index contributed by atoms with van der Waals surface area (Å²) in [5.41, 5.74) is 6.61. The van der Waals surface area contributed by atoms with E-state index in [0.717, 1.165) is 5.82 Å². The third kappa shape index (κ3) is 3.01. The van der Waals surface area contributed by atoms with Crippen LogP contribution in [0.1, 0.15) is 32.2 Å². The van der Waals surface area contributed by atoms with Gasteiger partial charge in [-0.3, -0.25) is 0 Å². The van der Waals surface area contributed by atoms with Gasteiger partial charge < -0.3 is 10.5 Å². The van der Waals surface area contributed by atoms with E-state index in [-0.39, 0.29) is 5.41 Å². The first kappa shape index (κ1) is 13.3. The predicted molar refractivity (Wildman–Crippen MR) is 74.3 cm³/mol. The number of rotatable bonds is 2. The molecule has 0 aliphatic heterocycles. The molecule has 0 unspecified atom stereocenters. The van der Waals surface area contributed by atoms with Crippen LogP contribution in [0.15, 0.2) is 18.2 Å². The maximum Gasteiger partial charge on any atom is 0.298 e. The monoisotopic (exact) mass is 274 g/mol. The summed E-state index contributed by atoms with van der Waals surface area (Å²) in [4.78, 5) is 4.33. The third-order valence-electron chi connectivity index (χ3n) is 2.41. The summed E-state index contributed by atoms with van der Waals surface area (Å²) < 4.78 is 9.85. The second kappa shape index (κ2) is 4.86. The van der Waals surface area contributed by atoms with Gasteiger partial charge in [-0.2, -0.15) is 14.6 Å². The maximum atomic E-state index is 8.77. The number of nitrogen functional groups attached to an aromatic ring is 1. The van der Waals surface area contributed by atoms with Crippen molar-refractivity contribution >= 4 is 17.2 Å². The largest absolute Gasteiger partial charge is 0.428 e. The molecule has 2 aromatic rings. The van der Waals surface area contributed by atoms with E-state index in [0.29, 0.717) is 22.2 Å². The number of hydrogen-bond donors (Lipinski definition) is 1. The number of ether oxygens (including phenoxy) is 1. The molecule has 6 heteroatoms. The molecule has 0 atom stereocenters. The molecule has 98 valence electrons. The Morgan fingerprint density at radius 3 is 2.63 bits per heavy atom. The van der Waals surface area contributed by atoms with Crippen LogP contribution in [-0.2, 0) is 5.41 Å². The summed E-state index contributed by atoms with van der Waals surface area (Å²) in [5.74, 6) is 1.22. The highest BCUT2D eigenvalue weighted by molar-refractivity contribution is 7.07.